The number of pyridine rings is 1. The minimum atomic E-state index is -0.530. The van der Waals surface area contributed by atoms with Crippen LogP contribution in [0.2, 0.25) is 0 Å². The second-order valence-electron chi connectivity index (χ2n) is 9.23. The molecule has 196 valence electrons. The Hall–Kier alpha value is -3.26. The van der Waals surface area contributed by atoms with E-state index >= 15 is 0 Å². The van der Waals surface area contributed by atoms with Crippen LogP contribution in [-0.4, -0.2) is 34.8 Å². The molecule has 1 N–H and O–H groups in total. The van der Waals surface area contributed by atoms with Gasteiger partial charge < -0.3 is 19.0 Å². The Balaban J connectivity index is 2.03. The normalized spacial score (nSPS) is 12.2. The van der Waals surface area contributed by atoms with Gasteiger partial charge in [0.1, 0.15) is 0 Å². The third-order valence-electron chi connectivity index (χ3n) is 5.73. The monoisotopic (exact) mass is 498 g/mol. The van der Waals surface area contributed by atoms with E-state index in [-0.39, 0.29) is 30.1 Å². The predicted molar refractivity (Wildman–Crippen MR) is 137 cm³/mol. The SMILES string of the molecule is CCOC(=O)/C=C/CC[C@H](NCc1ccoc1)C(=O)Cc1cccn(CC(=O)CCCC(C)C)c1=O. The number of hydrogen-bond acceptors (Lipinski definition) is 7. The number of nitrogens with zero attached hydrogens (tertiary/aromatic N) is 1. The van der Waals surface area contributed by atoms with Gasteiger partial charge in [-0.1, -0.05) is 32.4 Å². The van der Waals surface area contributed by atoms with Gasteiger partial charge in [-0.05, 0) is 44.2 Å². The summed E-state index contributed by atoms with van der Waals surface area (Å²) in [4.78, 5) is 50.0. The molecule has 2 rings (SSSR count). The molecular weight excluding hydrogens is 460 g/mol. The molecule has 0 saturated heterocycles. The van der Waals surface area contributed by atoms with E-state index in [4.69, 9.17) is 9.15 Å². The van der Waals surface area contributed by atoms with Gasteiger partial charge in [0.05, 0.1) is 31.7 Å². The van der Waals surface area contributed by atoms with Crippen molar-refractivity contribution in [3.8, 4) is 0 Å². The topological polar surface area (TPSA) is 108 Å². The van der Waals surface area contributed by atoms with Crippen molar-refractivity contribution in [2.75, 3.05) is 6.61 Å². The van der Waals surface area contributed by atoms with E-state index in [1.165, 1.54) is 10.6 Å². The van der Waals surface area contributed by atoms with Crippen LogP contribution in [0.15, 0.2) is 58.3 Å². The lowest BCUT2D eigenvalue weighted by Crippen LogP contribution is -2.38. The fourth-order valence-corrected chi connectivity index (χ4v) is 3.78. The van der Waals surface area contributed by atoms with Crippen molar-refractivity contribution in [3.63, 3.8) is 0 Å². The first-order valence-electron chi connectivity index (χ1n) is 12.6. The Morgan fingerprint density at radius 1 is 1.19 bits per heavy atom. The number of ether oxygens (including phenoxy) is 1. The van der Waals surface area contributed by atoms with Gasteiger partial charge in [0.25, 0.3) is 5.56 Å². The number of ketones is 2. The van der Waals surface area contributed by atoms with Crippen LogP contribution in [0.5, 0.6) is 0 Å². The highest BCUT2D eigenvalue weighted by Gasteiger charge is 2.20. The number of allylic oxidation sites excluding steroid dienone is 1. The lowest BCUT2D eigenvalue weighted by molar-refractivity contribution is -0.137. The van der Waals surface area contributed by atoms with Crippen molar-refractivity contribution in [1.29, 1.82) is 0 Å². The molecule has 0 saturated carbocycles. The zero-order valence-electron chi connectivity index (χ0n) is 21.5. The van der Waals surface area contributed by atoms with E-state index in [0.717, 1.165) is 18.4 Å². The van der Waals surface area contributed by atoms with Gasteiger partial charge in [-0.2, -0.15) is 0 Å². The summed E-state index contributed by atoms with van der Waals surface area (Å²) in [5, 5.41) is 3.23. The lowest BCUT2D eigenvalue weighted by Gasteiger charge is -2.17. The molecule has 0 amide bonds. The number of carbonyl (C=O) groups excluding carboxylic acids is 3. The van der Waals surface area contributed by atoms with E-state index in [1.54, 1.807) is 43.9 Å². The fourth-order valence-electron chi connectivity index (χ4n) is 3.78. The highest BCUT2D eigenvalue weighted by Crippen LogP contribution is 2.09. The second kappa shape index (κ2) is 15.7. The van der Waals surface area contributed by atoms with E-state index in [0.29, 0.717) is 43.9 Å². The Bertz CT molecular complexity index is 1050. The zero-order valence-corrected chi connectivity index (χ0v) is 21.5. The van der Waals surface area contributed by atoms with Crippen LogP contribution in [0.3, 0.4) is 0 Å². The van der Waals surface area contributed by atoms with Crippen LogP contribution in [0, 0.1) is 5.92 Å². The third-order valence-corrected chi connectivity index (χ3v) is 5.73. The van der Waals surface area contributed by atoms with Crippen molar-refractivity contribution in [1.82, 2.24) is 9.88 Å². The summed E-state index contributed by atoms with van der Waals surface area (Å²) in [6.45, 7) is 6.71. The molecule has 1 atom stereocenters. The molecule has 2 aromatic rings. The third kappa shape index (κ3) is 10.6. The molecule has 0 unspecified atom stereocenters. The molecule has 0 aliphatic rings. The summed E-state index contributed by atoms with van der Waals surface area (Å²) >= 11 is 0. The van der Waals surface area contributed by atoms with E-state index in [2.05, 4.69) is 19.2 Å². The second-order valence-corrected chi connectivity index (χ2v) is 9.23. The smallest absolute Gasteiger partial charge is 0.330 e. The highest BCUT2D eigenvalue weighted by molar-refractivity contribution is 5.86. The van der Waals surface area contributed by atoms with Crippen molar-refractivity contribution >= 4 is 17.5 Å². The Morgan fingerprint density at radius 2 is 2.00 bits per heavy atom. The van der Waals surface area contributed by atoms with Gasteiger partial charge >= 0.3 is 5.97 Å². The number of aromatic nitrogens is 1. The predicted octanol–water partition coefficient (Wildman–Crippen LogP) is 4.01. The number of rotatable bonds is 17. The van der Waals surface area contributed by atoms with Gasteiger partial charge in [-0.25, -0.2) is 4.79 Å². The molecule has 0 bridgehead atoms. The Labute approximate surface area is 212 Å². The van der Waals surface area contributed by atoms with Crippen molar-refractivity contribution < 1.29 is 23.5 Å². The van der Waals surface area contributed by atoms with Crippen molar-refractivity contribution in [2.45, 2.75) is 78.4 Å². The molecule has 0 aliphatic heterocycles. The quantitative estimate of drug-likeness (QED) is 0.259. The van der Waals surface area contributed by atoms with Crippen LogP contribution in [0.25, 0.3) is 0 Å². The van der Waals surface area contributed by atoms with Crippen LogP contribution >= 0.6 is 0 Å². The number of hydrogen-bond donors (Lipinski definition) is 1. The van der Waals surface area contributed by atoms with Crippen molar-refractivity contribution in [2.24, 2.45) is 5.92 Å². The number of Topliss-reactive ketones (excluding diaryl/α,β-unsaturated/α-hetero) is 2. The van der Waals surface area contributed by atoms with E-state index in [1.807, 2.05) is 6.07 Å². The van der Waals surface area contributed by atoms with Crippen LogP contribution in [0.1, 0.15) is 64.0 Å². The standard InChI is InChI=1S/C28H38N2O6/c1-4-36-27(33)13-6-5-12-25(29-18-22-14-16-35-20-22)26(32)17-23-10-8-15-30(28(23)34)19-24(31)11-7-9-21(2)3/h6,8,10,13-16,20-21,25,29H,4-5,7,9,11-12,17-19H2,1-3H3/b13-6+/t25-/m0/s1. The highest BCUT2D eigenvalue weighted by atomic mass is 16.5. The molecule has 0 spiro atoms. The Kier molecular flexibility index (Phi) is 12.6. The largest absolute Gasteiger partial charge is 0.472 e. The van der Waals surface area contributed by atoms with Gasteiger partial charge in [0.15, 0.2) is 11.6 Å². The summed E-state index contributed by atoms with van der Waals surface area (Å²) in [5.41, 5.74) is 0.932. The summed E-state index contributed by atoms with van der Waals surface area (Å²) < 4.78 is 11.3. The number of furan rings is 1. The molecule has 0 radical (unpaired) electrons. The van der Waals surface area contributed by atoms with Crippen LogP contribution in [-0.2, 0) is 38.6 Å². The van der Waals surface area contributed by atoms with Crippen LogP contribution in [0.4, 0.5) is 0 Å². The number of nitrogens with one attached hydrogen (secondary N) is 1. The summed E-state index contributed by atoms with van der Waals surface area (Å²) in [6.07, 6.45) is 10.9. The molecule has 0 fully saturated rings. The average Bonchev–Trinajstić information content (AvgIpc) is 3.34. The maximum atomic E-state index is 13.2. The summed E-state index contributed by atoms with van der Waals surface area (Å²) in [6, 6.07) is 4.61. The van der Waals surface area contributed by atoms with E-state index < -0.39 is 12.0 Å². The number of carbonyl (C=O) groups is 3. The molecule has 8 nitrogen and oxygen atoms in total. The van der Waals surface area contributed by atoms with Crippen molar-refractivity contribution in [3.05, 3.63) is 70.6 Å². The minimum absolute atomic E-state index is 0.00858. The first-order valence-corrected chi connectivity index (χ1v) is 12.6. The van der Waals surface area contributed by atoms with Gasteiger partial charge in [0.2, 0.25) is 0 Å². The average molecular weight is 499 g/mol. The zero-order chi connectivity index (χ0) is 26.3. The minimum Gasteiger partial charge on any atom is -0.472 e. The summed E-state index contributed by atoms with van der Waals surface area (Å²) in [7, 11) is 0. The van der Waals surface area contributed by atoms with Gasteiger partial charge in [-0.15, -0.1) is 0 Å². The maximum Gasteiger partial charge on any atom is 0.330 e. The molecular formula is C28H38N2O6. The molecule has 0 aliphatic carbocycles. The molecule has 2 aromatic heterocycles. The number of esters is 1. The molecule has 2 heterocycles. The first kappa shape index (κ1) is 29.0. The summed E-state index contributed by atoms with van der Waals surface area (Å²) in [5.74, 6) is -0.0173. The van der Waals surface area contributed by atoms with Gasteiger partial charge in [-0.3, -0.25) is 14.4 Å². The molecule has 36 heavy (non-hydrogen) atoms. The van der Waals surface area contributed by atoms with E-state index in [9.17, 15) is 19.2 Å². The Morgan fingerprint density at radius 3 is 2.69 bits per heavy atom. The first-order chi connectivity index (χ1) is 17.3. The molecule has 8 heteroatoms. The van der Waals surface area contributed by atoms with Crippen LogP contribution < -0.4 is 10.9 Å². The lowest BCUT2D eigenvalue weighted by atomic mass is 10.00. The maximum absolute atomic E-state index is 13.2. The molecule has 0 aromatic carbocycles. The fraction of sp³-hybridized carbons (Fsp3) is 0.500. The van der Waals surface area contributed by atoms with Gasteiger partial charge in [0, 0.05) is 42.8 Å².